The molecule has 0 saturated carbocycles. The number of hydrogen-bond donors (Lipinski definition) is 2. The van der Waals surface area contributed by atoms with Gasteiger partial charge in [0.05, 0.1) is 5.56 Å². The Labute approximate surface area is 139 Å². The molecule has 1 heterocycles. The van der Waals surface area contributed by atoms with E-state index in [0.29, 0.717) is 12.1 Å². The van der Waals surface area contributed by atoms with Crippen LogP contribution in [-0.2, 0) is 9.53 Å². The van der Waals surface area contributed by atoms with Crippen LogP contribution in [0.2, 0.25) is 0 Å². The minimum Gasteiger partial charge on any atom is -0.444 e. The molecule has 1 aromatic heterocycles. The van der Waals surface area contributed by atoms with Crippen LogP contribution in [0.15, 0.2) is 54.9 Å². The minimum atomic E-state index is -1.25. The van der Waals surface area contributed by atoms with Crippen molar-refractivity contribution in [3.63, 3.8) is 0 Å². The van der Waals surface area contributed by atoms with Gasteiger partial charge in [0.2, 0.25) is 6.10 Å². The maximum atomic E-state index is 12.3. The van der Waals surface area contributed by atoms with Crippen molar-refractivity contribution in [2.24, 2.45) is 0 Å². The number of imide groups is 1. The molecule has 0 saturated heterocycles. The molecular formula is C17H17N3O4. The molecule has 2 N–H and O–H groups in total. The lowest BCUT2D eigenvalue weighted by atomic mass is 10.1. The van der Waals surface area contributed by atoms with Crippen molar-refractivity contribution in [1.82, 2.24) is 15.6 Å². The molecule has 0 aliphatic heterocycles. The van der Waals surface area contributed by atoms with E-state index in [1.807, 2.05) is 0 Å². The Morgan fingerprint density at radius 1 is 1.12 bits per heavy atom. The van der Waals surface area contributed by atoms with Gasteiger partial charge in [-0.15, -0.1) is 0 Å². The highest BCUT2D eigenvalue weighted by Crippen LogP contribution is 2.19. The van der Waals surface area contributed by atoms with Crippen LogP contribution in [-0.4, -0.2) is 29.4 Å². The number of carbonyl (C=O) groups is 3. The molecule has 24 heavy (non-hydrogen) atoms. The molecule has 7 heteroatoms. The van der Waals surface area contributed by atoms with Crippen molar-refractivity contribution in [1.29, 1.82) is 0 Å². The number of ether oxygens (including phenoxy) is 1. The van der Waals surface area contributed by atoms with Gasteiger partial charge in [-0.2, -0.15) is 0 Å². The maximum Gasteiger partial charge on any atom is 0.340 e. The van der Waals surface area contributed by atoms with E-state index >= 15 is 0 Å². The summed E-state index contributed by atoms with van der Waals surface area (Å²) in [5.41, 5.74) is 0.667. The molecule has 2 aromatic rings. The fourth-order valence-electron chi connectivity index (χ4n) is 1.94. The Morgan fingerprint density at radius 3 is 2.50 bits per heavy atom. The first-order chi connectivity index (χ1) is 11.6. The number of urea groups is 1. The molecule has 1 atom stereocenters. The van der Waals surface area contributed by atoms with Crippen LogP contribution in [0.4, 0.5) is 4.79 Å². The summed E-state index contributed by atoms with van der Waals surface area (Å²) in [4.78, 5) is 39.9. The lowest BCUT2D eigenvalue weighted by Crippen LogP contribution is -2.42. The lowest BCUT2D eigenvalue weighted by molar-refractivity contribution is -0.129. The molecule has 0 spiro atoms. The number of benzene rings is 1. The number of carbonyl (C=O) groups excluding carboxylic acids is 3. The van der Waals surface area contributed by atoms with Gasteiger partial charge in [-0.25, -0.2) is 9.59 Å². The summed E-state index contributed by atoms with van der Waals surface area (Å²) in [6.45, 7) is 2.09. The van der Waals surface area contributed by atoms with Crippen LogP contribution in [0.3, 0.4) is 0 Å². The first-order valence-electron chi connectivity index (χ1n) is 7.36. The highest BCUT2D eigenvalue weighted by atomic mass is 16.5. The summed E-state index contributed by atoms with van der Waals surface area (Å²) in [5.74, 6) is -1.44. The number of esters is 1. The van der Waals surface area contributed by atoms with Gasteiger partial charge in [0.15, 0.2) is 0 Å². The monoisotopic (exact) mass is 327 g/mol. The Kier molecular flexibility index (Phi) is 6.01. The summed E-state index contributed by atoms with van der Waals surface area (Å²) in [7, 11) is 0. The summed E-state index contributed by atoms with van der Waals surface area (Å²) in [5, 5.41) is 4.60. The fraction of sp³-hybridized carbons (Fsp3) is 0.176. The SMILES string of the molecule is CCNC(=O)NC(=O)[C@H](OC(=O)c1cccnc1)c1ccccc1. The average molecular weight is 327 g/mol. The quantitative estimate of drug-likeness (QED) is 0.817. The van der Waals surface area contributed by atoms with Crippen LogP contribution >= 0.6 is 0 Å². The Hall–Kier alpha value is -3.22. The second-order valence-corrected chi connectivity index (χ2v) is 4.79. The van der Waals surface area contributed by atoms with Gasteiger partial charge in [0, 0.05) is 24.5 Å². The third kappa shape index (κ3) is 4.64. The van der Waals surface area contributed by atoms with Gasteiger partial charge in [-0.05, 0) is 19.1 Å². The van der Waals surface area contributed by atoms with Crippen molar-refractivity contribution in [2.45, 2.75) is 13.0 Å². The predicted molar refractivity (Wildman–Crippen MR) is 86.1 cm³/mol. The van der Waals surface area contributed by atoms with Crippen molar-refractivity contribution in [3.8, 4) is 0 Å². The molecule has 0 bridgehead atoms. The number of pyridine rings is 1. The molecule has 0 aliphatic rings. The van der Waals surface area contributed by atoms with Crippen molar-refractivity contribution in [3.05, 3.63) is 66.0 Å². The van der Waals surface area contributed by atoms with Crippen molar-refractivity contribution >= 4 is 17.9 Å². The van der Waals surface area contributed by atoms with E-state index in [9.17, 15) is 14.4 Å². The average Bonchev–Trinajstić information content (AvgIpc) is 2.61. The highest BCUT2D eigenvalue weighted by molar-refractivity contribution is 5.99. The Balaban J connectivity index is 2.19. The first-order valence-corrected chi connectivity index (χ1v) is 7.36. The summed E-state index contributed by atoms with van der Waals surface area (Å²) in [6, 6.07) is 10.9. The number of nitrogens with one attached hydrogen (secondary N) is 2. The Morgan fingerprint density at radius 2 is 1.88 bits per heavy atom. The standard InChI is InChI=1S/C17H17N3O4/c1-2-19-17(23)20-15(21)14(12-7-4-3-5-8-12)24-16(22)13-9-6-10-18-11-13/h3-11,14H,2H2,1H3,(H2,19,20,21,23)/t14-/m1/s1. The molecule has 0 unspecified atom stereocenters. The molecule has 0 aliphatic carbocycles. The zero-order valence-corrected chi connectivity index (χ0v) is 13.1. The van der Waals surface area contributed by atoms with Crippen LogP contribution in [0.25, 0.3) is 0 Å². The van der Waals surface area contributed by atoms with E-state index in [4.69, 9.17) is 4.74 Å². The zero-order chi connectivity index (χ0) is 17.4. The van der Waals surface area contributed by atoms with E-state index in [1.54, 1.807) is 43.3 Å². The van der Waals surface area contributed by atoms with Crippen LogP contribution in [0.1, 0.15) is 28.9 Å². The topological polar surface area (TPSA) is 97.4 Å². The van der Waals surface area contributed by atoms with Gasteiger partial charge in [0.25, 0.3) is 5.91 Å². The third-order valence-electron chi connectivity index (χ3n) is 3.04. The van der Waals surface area contributed by atoms with Crippen LogP contribution in [0, 0.1) is 0 Å². The van der Waals surface area contributed by atoms with E-state index in [1.165, 1.54) is 18.5 Å². The van der Waals surface area contributed by atoms with E-state index < -0.39 is 24.0 Å². The maximum absolute atomic E-state index is 12.3. The second-order valence-electron chi connectivity index (χ2n) is 4.79. The molecule has 2 rings (SSSR count). The Bertz CT molecular complexity index is 704. The zero-order valence-electron chi connectivity index (χ0n) is 13.1. The number of aromatic nitrogens is 1. The molecular weight excluding hydrogens is 310 g/mol. The smallest absolute Gasteiger partial charge is 0.340 e. The second kappa shape index (κ2) is 8.42. The number of amides is 3. The fourth-order valence-corrected chi connectivity index (χ4v) is 1.94. The van der Waals surface area contributed by atoms with Crippen molar-refractivity contribution in [2.75, 3.05) is 6.54 Å². The van der Waals surface area contributed by atoms with E-state index in [-0.39, 0.29) is 5.56 Å². The molecule has 3 amide bonds. The van der Waals surface area contributed by atoms with Crippen molar-refractivity contribution < 1.29 is 19.1 Å². The van der Waals surface area contributed by atoms with E-state index in [2.05, 4.69) is 15.6 Å². The minimum absolute atomic E-state index is 0.212. The predicted octanol–water partition coefficient (Wildman–Crippen LogP) is 1.83. The normalized spacial score (nSPS) is 11.2. The molecule has 0 fully saturated rings. The van der Waals surface area contributed by atoms with Crippen LogP contribution in [0.5, 0.6) is 0 Å². The van der Waals surface area contributed by atoms with Crippen LogP contribution < -0.4 is 10.6 Å². The molecule has 7 nitrogen and oxygen atoms in total. The van der Waals surface area contributed by atoms with Gasteiger partial charge >= 0.3 is 12.0 Å². The summed E-state index contributed by atoms with van der Waals surface area (Å²) >= 11 is 0. The molecule has 124 valence electrons. The first kappa shape index (κ1) is 17.1. The van der Waals surface area contributed by atoms with E-state index in [0.717, 1.165) is 0 Å². The number of hydrogen-bond acceptors (Lipinski definition) is 5. The van der Waals surface area contributed by atoms with Gasteiger partial charge < -0.3 is 10.1 Å². The molecule has 0 radical (unpaired) electrons. The van der Waals surface area contributed by atoms with Gasteiger partial charge in [-0.1, -0.05) is 30.3 Å². The largest absolute Gasteiger partial charge is 0.444 e. The number of nitrogens with zero attached hydrogens (tertiary/aromatic N) is 1. The van der Waals surface area contributed by atoms with Gasteiger partial charge in [0.1, 0.15) is 0 Å². The molecule has 1 aromatic carbocycles. The number of rotatable bonds is 5. The third-order valence-corrected chi connectivity index (χ3v) is 3.04. The highest BCUT2D eigenvalue weighted by Gasteiger charge is 2.27. The summed E-state index contributed by atoms with van der Waals surface area (Å²) in [6.07, 6.45) is 1.61. The lowest BCUT2D eigenvalue weighted by Gasteiger charge is -2.17. The van der Waals surface area contributed by atoms with Gasteiger partial charge in [-0.3, -0.25) is 15.1 Å². The summed E-state index contributed by atoms with van der Waals surface area (Å²) < 4.78 is 5.29.